The molecule has 12 heavy (non-hydrogen) atoms. The lowest BCUT2D eigenvalue weighted by atomic mass is 10.3. The highest BCUT2D eigenvalue weighted by atomic mass is 19.4. The lowest BCUT2D eigenvalue weighted by molar-refractivity contribution is -0.238. The molecule has 0 saturated heterocycles. The molecule has 0 amide bonds. The van der Waals surface area contributed by atoms with Crippen LogP contribution < -0.4 is 0 Å². The zero-order valence-corrected chi connectivity index (χ0v) is 6.11. The summed E-state index contributed by atoms with van der Waals surface area (Å²) in [5, 5.41) is 0. The van der Waals surface area contributed by atoms with Crippen molar-refractivity contribution in [3.63, 3.8) is 0 Å². The Morgan fingerprint density at radius 3 is 2.00 bits per heavy atom. The van der Waals surface area contributed by atoms with E-state index in [-0.39, 0.29) is 0 Å². The average molecular weight is 190 g/mol. The van der Waals surface area contributed by atoms with Crippen molar-refractivity contribution in [2.75, 3.05) is 0 Å². The lowest BCUT2D eigenvalue weighted by Gasteiger charge is -2.18. The minimum absolute atomic E-state index is 0.588. The molecule has 0 N–H and O–H groups in total. The Kier molecular flexibility index (Phi) is 3.99. The number of allylic oxidation sites excluding steroid dienone is 1. The van der Waals surface area contributed by atoms with E-state index in [0.717, 1.165) is 6.08 Å². The fourth-order valence-corrected chi connectivity index (χ4v) is 0.443. The largest absolute Gasteiger partial charge is 0.483 e. The van der Waals surface area contributed by atoms with Crippen LogP contribution in [-0.2, 0) is 4.74 Å². The van der Waals surface area contributed by atoms with E-state index in [9.17, 15) is 22.0 Å². The molecule has 0 aliphatic carbocycles. The highest BCUT2D eigenvalue weighted by Crippen LogP contribution is 2.27. The van der Waals surface area contributed by atoms with Gasteiger partial charge in [0.2, 0.25) is 0 Å². The number of halogens is 5. The molecule has 0 fully saturated rings. The van der Waals surface area contributed by atoms with Gasteiger partial charge in [0.1, 0.15) is 0 Å². The van der Waals surface area contributed by atoms with Crippen LogP contribution >= 0.6 is 0 Å². The molecule has 0 spiro atoms. The van der Waals surface area contributed by atoms with E-state index in [1.54, 1.807) is 0 Å². The third-order valence-electron chi connectivity index (χ3n) is 0.913. The topological polar surface area (TPSA) is 9.23 Å². The van der Waals surface area contributed by atoms with Gasteiger partial charge < -0.3 is 4.74 Å². The molecule has 0 aromatic rings. The second-order valence-electron chi connectivity index (χ2n) is 1.90. The summed E-state index contributed by atoms with van der Waals surface area (Å²) in [6.45, 7) is 1.36. The average Bonchev–Trinajstić information content (AvgIpc) is 1.84. The number of hydrogen-bond donors (Lipinski definition) is 0. The molecule has 0 aromatic heterocycles. The van der Waals surface area contributed by atoms with Crippen molar-refractivity contribution in [1.82, 2.24) is 0 Å². The van der Waals surface area contributed by atoms with E-state index in [1.165, 1.54) is 6.92 Å². The first-order valence-corrected chi connectivity index (χ1v) is 3.01. The van der Waals surface area contributed by atoms with Crippen LogP contribution in [0, 0.1) is 0 Å². The van der Waals surface area contributed by atoms with Crippen LogP contribution in [0.15, 0.2) is 12.3 Å². The molecule has 0 bridgehead atoms. The van der Waals surface area contributed by atoms with Gasteiger partial charge in [0.15, 0.2) is 0 Å². The van der Waals surface area contributed by atoms with Gasteiger partial charge >= 0.3 is 6.18 Å². The van der Waals surface area contributed by atoms with E-state index in [2.05, 4.69) is 4.74 Å². The summed E-state index contributed by atoms with van der Waals surface area (Å²) in [6.07, 6.45) is -9.95. The Balaban J connectivity index is 4.24. The minimum atomic E-state index is -5.03. The molecule has 1 unspecified atom stereocenters. The summed E-state index contributed by atoms with van der Waals surface area (Å²) >= 11 is 0. The van der Waals surface area contributed by atoms with Crippen molar-refractivity contribution in [1.29, 1.82) is 0 Å². The van der Waals surface area contributed by atoms with Crippen LogP contribution in [0.1, 0.15) is 6.92 Å². The van der Waals surface area contributed by atoms with Gasteiger partial charge in [0.25, 0.3) is 12.5 Å². The molecular weight excluding hydrogens is 183 g/mol. The van der Waals surface area contributed by atoms with Crippen LogP contribution in [0.3, 0.4) is 0 Å². The Morgan fingerprint density at radius 1 is 1.25 bits per heavy atom. The smallest absolute Gasteiger partial charge is 0.431 e. The minimum Gasteiger partial charge on any atom is -0.483 e. The number of ether oxygens (including phenoxy) is 1. The quantitative estimate of drug-likeness (QED) is 0.491. The molecule has 0 rings (SSSR count). The molecule has 0 aliphatic heterocycles. The van der Waals surface area contributed by atoms with Crippen LogP contribution in [0.25, 0.3) is 0 Å². The molecule has 0 saturated carbocycles. The molecule has 0 aliphatic rings. The van der Waals surface area contributed by atoms with Gasteiger partial charge in [0, 0.05) is 0 Å². The van der Waals surface area contributed by atoms with Crippen LogP contribution in [-0.4, -0.2) is 18.7 Å². The van der Waals surface area contributed by atoms with Gasteiger partial charge in [-0.15, -0.1) is 0 Å². The summed E-state index contributed by atoms with van der Waals surface area (Å²) in [6, 6.07) is 0. The standard InChI is InChI=1S/C6H7F5O/c1-2-3-12-4(5(7)8)6(9,10)11/h2-5H,1H3. The van der Waals surface area contributed by atoms with Gasteiger partial charge in [-0.05, 0) is 6.92 Å². The SMILES string of the molecule is CC=COC(C(F)F)C(F)(F)F. The fraction of sp³-hybridized carbons (Fsp3) is 0.667. The van der Waals surface area contributed by atoms with Crippen molar-refractivity contribution in [3.8, 4) is 0 Å². The molecule has 1 atom stereocenters. The normalized spacial score (nSPS) is 15.6. The second-order valence-corrected chi connectivity index (χ2v) is 1.90. The monoisotopic (exact) mass is 190 g/mol. The molecule has 0 radical (unpaired) electrons. The van der Waals surface area contributed by atoms with Crippen LogP contribution in [0.5, 0.6) is 0 Å². The third kappa shape index (κ3) is 3.54. The van der Waals surface area contributed by atoms with Gasteiger partial charge in [-0.1, -0.05) is 6.08 Å². The van der Waals surface area contributed by atoms with Crippen molar-refractivity contribution in [2.24, 2.45) is 0 Å². The van der Waals surface area contributed by atoms with Crippen LogP contribution in [0.4, 0.5) is 22.0 Å². The Labute approximate surface area is 65.8 Å². The maximum Gasteiger partial charge on any atom is 0.431 e. The summed E-state index contributed by atoms with van der Waals surface area (Å²) in [4.78, 5) is 0. The first-order valence-electron chi connectivity index (χ1n) is 3.01. The molecule has 0 aromatic carbocycles. The summed E-state index contributed by atoms with van der Waals surface area (Å²) in [5.41, 5.74) is 0. The maximum absolute atomic E-state index is 11.7. The highest BCUT2D eigenvalue weighted by Gasteiger charge is 2.47. The summed E-state index contributed by atoms with van der Waals surface area (Å²) < 4.78 is 62.0. The zero-order chi connectivity index (χ0) is 9.78. The zero-order valence-electron chi connectivity index (χ0n) is 6.11. The van der Waals surface area contributed by atoms with E-state index >= 15 is 0 Å². The van der Waals surface area contributed by atoms with Gasteiger partial charge in [0.05, 0.1) is 6.26 Å². The predicted molar refractivity (Wildman–Crippen MR) is 31.7 cm³/mol. The Bertz CT molecular complexity index is 151. The fourth-order valence-electron chi connectivity index (χ4n) is 0.443. The predicted octanol–water partition coefficient (Wildman–Crippen LogP) is 2.73. The third-order valence-corrected chi connectivity index (χ3v) is 0.913. The van der Waals surface area contributed by atoms with E-state index < -0.39 is 18.7 Å². The summed E-state index contributed by atoms with van der Waals surface area (Å²) in [5.74, 6) is 0. The number of hydrogen-bond acceptors (Lipinski definition) is 1. The van der Waals surface area contributed by atoms with E-state index in [1.807, 2.05) is 0 Å². The van der Waals surface area contributed by atoms with Gasteiger partial charge in [-0.2, -0.15) is 13.2 Å². The van der Waals surface area contributed by atoms with Crippen molar-refractivity contribution >= 4 is 0 Å². The first-order chi connectivity index (χ1) is 5.39. The first kappa shape index (κ1) is 11.2. The van der Waals surface area contributed by atoms with Crippen molar-refractivity contribution < 1.29 is 26.7 Å². The van der Waals surface area contributed by atoms with E-state index in [0.29, 0.717) is 6.26 Å². The Hall–Kier alpha value is -0.810. The van der Waals surface area contributed by atoms with Gasteiger partial charge in [-0.25, -0.2) is 8.78 Å². The second kappa shape index (κ2) is 4.27. The van der Waals surface area contributed by atoms with E-state index in [4.69, 9.17) is 0 Å². The molecule has 0 heterocycles. The molecule has 72 valence electrons. The maximum atomic E-state index is 11.7. The summed E-state index contributed by atoms with van der Waals surface area (Å²) in [7, 11) is 0. The molecule has 6 heteroatoms. The molecular formula is C6H7F5O. The van der Waals surface area contributed by atoms with Crippen LogP contribution in [0.2, 0.25) is 0 Å². The van der Waals surface area contributed by atoms with Crippen molar-refractivity contribution in [2.45, 2.75) is 25.6 Å². The van der Waals surface area contributed by atoms with Crippen molar-refractivity contribution in [3.05, 3.63) is 12.3 Å². The molecule has 1 nitrogen and oxygen atoms in total. The van der Waals surface area contributed by atoms with Gasteiger partial charge in [-0.3, -0.25) is 0 Å². The lowest BCUT2D eigenvalue weighted by Crippen LogP contribution is -2.36. The number of rotatable bonds is 3. The highest BCUT2D eigenvalue weighted by molar-refractivity contribution is 4.75. The Morgan fingerprint density at radius 2 is 1.75 bits per heavy atom. The number of alkyl halides is 5.